The summed E-state index contributed by atoms with van der Waals surface area (Å²) in [4.78, 5) is 11.4. The largest absolute Gasteiger partial charge is 0.273 e. The van der Waals surface area contributed by atoms with Gasteiger partial charge in [-0.2, -0.15) is 5.10 Å². The van der Waals surface area contributed by atoms with Crippen LogP contribution in [-0.4, -0.2) is 12.1 Å². The van der Waals surface area contributed by atoms with Crippen LogP contribution in [-0.2, 0) is 4.79 Å². The molecule has 2 rings (SSSR count). The molecule has 0 saturated heterocycles. The lowest BCUT2D eigenvalue weighted by Gasteiger charge is -2.06. The number of carbonyl (C=O) groups is 1. The lowest BCUT2D eigenvalue weighted by Crippen LogP contribution is -2.19. The van der Waals surface area contributed by atoms with E-state index in [0.717, 1.165) is 18.4 Å². The van der Waals surface area contributed by atoms with Crippen LogP contribution in [0, 0.1) is 26.7 Å². The monoisotopic (exact) mass is 230 g/mol. The molecule has 90 valence electrons. The minimum atomic E-state index is 0.0451. The molecule has 1 fully saturated rings. The van der Waals surface area contributed by atoms with Gasteiger partial charge >= 0.3 is 0 Å². The highest BCUT2D eigenvalue weighted by Crippen LogP contribution is 2.28. The second-order valence-electron chi connectivity index (χ2n) is 4.82. The molecule has 0 unspecified atom stereocenters. The maximum absolute atomic E-state index is 11.4. The average molecular weight is 230 g/mol. The van der Waals surface area contributed by atoms with Gasteiger partial charge in [-0.3, -0.25) is 4.79 Å². The number of nitrogens with one attached hydrogen (secondary N) is 1. The standard InChI is InChI=1S/C14H18N2O/c1-9-6-10(2)13(11(3)7-9)8-15-16-14(17)12-4-5-12/h6-8,12H,4-5H2,1-3H3,(H,16,17)/b15-8-. The molecule has 0 bridgehead atoms. The van der Waals surface area contributed by atoms with Crippen molar-refractivity contribution in [3.8, 4) is 0 Å². The van der Waals surface area contributed by atoms with E-state index >= 15 is 0 Å². The zero-order valence-electron chi connectivity index (χ0n) is 10.6. The van der Waals surface area contributed by atoms with E-state index in [0.29, 0.717) is 0 Å². The van der Waals surface area contributed by atoms with Crippen molar-refractivity contribution in [2.75, 3.05) is 0 Å². The van der Waals surface area contributed by atoms with Gasteiger partial charge in [-0.1, -0.05) is 17.7 Å². The van der Waals surface area contributed by atoms with E-state index in [-0.39, 0.29) is 11.8 Å². The average Bonchev–Trinajstić information content (AvgIpc) is 3.04. The Bertz CT molecular complexity index is 450. The van der Waals surface area contributed by atoms with Crippen LogP contribution in [0.5, 0.6) is 0 Å². The molecule has 0 aliphatic heterocycles. The molecular formula is C14H18N2O. The molecular weight excluding hydrogens is 212 g/mol. The second-order valence-corrected chi connectivity index (χ2v) is 4.82. The summed E-state index contributed by atoms with van der Waals surface area (Å²) in [5.41, 5.74) is 7.31. The molecule has 1 aromatic rings. The molecule has 1 amide bonds. The lowest BCUT2D eigenvalue weighted by molar-refractivity contribution is -0.122. The Morgan fingerprint density at radius 3 is 2.41 bits per heavy atom. The molecule has 1 aliphatic carbocycles. The van der Waals surface area contributed by atoms with Crippen LogP contribution in [0.2, 0.25) is 0 Å². The van der Waals surface area contributed by atoms with Gasteiger partial charge < -0.3 is 0 Å². The summed E-state index contributed by atoms with van der Waals surface area (Å²) in [5, 5.41) is 4.03. The number of hydrogen-bond acceptors (Lipinski definition) is 2. The fourth-order valence-corrected chi connectivity index (χ4v) is 1.99. The predicted octanol–water partition coefficient (Wildman–Crippen LogP) is 2.47. The van der Waals surface area contributed by atoms with Crippen molar-refractivity contribution in [3.05, 3.63) is 34.4 Å². The maximum atomic E-state index is 11.4. The fourth-order valence-electron chi connectivity index (χ4n) is 1.99. The van der Waals surface area contributed by atoms with Gasteiger partial charge in [-0.05, 0) is 44.7 Å². The molecule has 0 radical (unpaired) electrons. The molecule has 3 heteroatoms. The smallest absolute Gasteiger partial charge is 0.243 e. The van der Waals surface area contributed by atoms with Gasteiger partial charge in [0.1, 0.15) is 0 Å². The van der Waals surface area contributed by atoms with Gasteiger partial charge in [-0.25, -0.2) is 5.43 Å². The Kier molecular flexibility index (Phi) is 3.27. The molecule has 1 saturated carbocycles. The van der Waals surface area contributed by atoms with Crippen LogP contribution in [0.15, 0.2) is 17.2 Å². The molecule has 0 aromatic heterocycles. The number of amides is 1. The minimum Gasteiger partial charge on any atom is -0.273 e. The van der Waals surface area contributed by atoms with Gasteiger partial charge in [0.2, 0.25) is 5.91 Å². The Labute approximate surface area is 102 Å². The summed E-state index contributed by atoms with van der Waals surface area (Å²) in [5.74, 6) is 0.246. The van der Waals surface area contributed by atoms with E-state index in [1.165, 1.54) is 16.7 Å². The Morgan fingerprint density at radius 2 is 1.88 bits per heavy atom. The first-order chi connectivity index (χ1) is 8.08. The van der Waals surface area contributed by atoms with Crippen LogP contribution in [0.4, 0.5) is 0 Å². The van der Waals surface area contributed by atoms with Crippen LogP contribution in [0.25, 0.3) is 0 Å². The van der Waals surface area contributed by atoms with Gasteiger partial charge in [-0.15, -0.1) is 0 Å². The third-order valence-electron chi connectivity index (χ3n) is 3.05. The van der Waals surface area contributed by atoms with Crippen molar-refractivity contribution in [1.82, 2.24) is 5.43 Å². The van der Waals surface area contributed by atoms with E-state index in [1.54, 1.807) is 6.21 Å². The summed E-state index contributed by atoms with van der Waals surface area (Å²) in [6.07, 6.45) is 3.75. The van der Waals surface area contributed by atoms with Crippen LogP contribution < -0.4 is 5.43 Å². The zero-order valence-corrected chi connectivity index (χ0v) is 10.6. The van der Waals surface area contributed by atoms with Crippen molar-refractivity contribution in [2.24, 2.45) is 11.0 Å². The van der Waals surface area contributed by atoms with E-state index in [9.17, 15) is 4.79 Å². The van der Waals surface area contributed by atoms with Gasteiger partial charge in [0.25, 0.3) is 0 Å². The highest BCUT2D eigenvalue weighted by Gasteiger charge is 2.29. The number of nitrogens with zero attached hydrogens (tertiary/aromatic N) is 1. The summed E-state index contributed by atoms with van der Waals surface area (Å²) in [6.45, 7) is 6.20. The Hall–Kier alpha value is -1.64. The lowest BCUT2D eigenvalue weighted by atomic mass is 10.0. The molecule has 0 atom stereocenters. The molecule has 17 heavy (non-hydrogen) atoms. The van der Waals surface area contributed by atoms with Crippen molar-refractivity contribution in [3.63, 3.8) is 0 Å². The van der Waals surface area contributed by atoms with Crippen LogP contribution in [0.1, 0.15) is 35.1 Å². The SMILES string of the molecule is Cc1cc(C)c(/C=N\NC(=O)C2CC2)c(C)c1. The van der Waals surface area contributed by atoms with E-state index in [2.05, 4.69) is 43.4 Å². The molecule has 1 N–H and O–H groups in total. The van der Waals surface area contributed by atoms with E-state index in [1.807, 2.05) is 0 Å². The summed E-state index contributed by atoms with van der Waals surface area (Å²) in [6, 6.07) is 4.24. The molecule has 1 aliphatic rings. The van der Waals surface area contributed by atoms with E-state index < -0.39 is 0 Å². The molecule has 3 nitrogen and oxygen atoms in total. The number of hydrazone groups is 1. The summed E-state index contributed by atoms with van der Waals surface area (Å²) >= 11 is 0. The minimum absolute atomic E-state index is 0.0451. The molecule has 0 spiro atoms. The number of benzene rings is 1. The van der Waals surface area contributed by atoms with Crippen molar-refractivity contribution < 1.29 is 4.79 Å². The topological polar surface area (TPSA) is 41.5 Å². The maximum Gasteiger partial charge on any atom is 0.243 e. The quantitative estimate of drug-likeness (QED) is 0.629. The van der Waals surface area contributed by atoms with Crippen molar-refractivity contribution in [1.29, 1.82) is 0 Å². The summed E-state index contributed by atoms with van der Waals surface area (Å²) in [7, 11) is 0. The van der Waals surface area contributed by atoms with Crippen LogP contribution in [0.3, 0.4) is 0 Å². The first kappa shape index (κ1) is 11.8. The van der Waals surface area contributed by atoms with Crippen molar-refractivity contribution >= 4 is 12.1 Å². The van der Waals surface area contributed by atoms with Crippen LogP contribution >= 0.6 is 0 Å². The molecule has 1 aromatic carbocycles. The third kappa shape index (κ3) is 2.93. The first-order valence-corrected chi connectivity index (χ1v) is 5.98. The second kappa shape index (κ2) is 4.70. The third-order valence-corrected chi connectivity index (χ3v) is 3.05. The van der Waals surface area contributed by atoms with E-state index in [4.69, 9.17) is 0 Å². The first-order valence-electron chi connectivity index (χ1n) is 5.98. The number of aryl methyl sites for hydroxylation is 3. The van der Waals surface area contributed by atoms with Gasteiger partial charge in [0, 0.05) is 11.5 Å². The molecule has 0 heterocycles. The number of carbonyl (C=O) groups excluding carboxylic acids is 1. The number of rotatable bonds is 3. The van der Waals surface area contributed by atoms with Gasteiger partial charge in [0.15, 0.2) is 0 Å². The summed E-state index contributed by atoms with van der Waals surface area (Å²) < 4.78 is 0. The Balaban J connectivity index is 2.07. The predicted molar refractivity (Wildman–Crippen MR) is 69.1 cm³/mol. The zero-order chi connectivity index (χ0) is 12.4. The fraction of sp³-hybridized carbons (Fsp3) is 0.429. The Morgan fingerprint density at radius 1 is 1.29 bits per heavy atom. The highest BCUT2D eigenvalue weighted by molar-refractivity contribution is 5.86. The van der Waals surface area contributed by atoms with Gasteiger partial charge in [0.05, 0.1) is 6.21 Å². The van der Waals surface area contributed by atoms with Crippen molar-refractivity contribution in [2.45, 2.75) is 33.6 Å². The number of hydrogen-bond donors (Lipinski definition) is 1. The highest BCUT2D eigenvalue weighted by atomic mass is 16.2. The normalized spacial score (nSPS) is 15.2.